The van der Waals surface area contributed by atoms with Crippen LogP contribution in [0.4, 0.5) is 0 Å². The van der Waals surface area contributed by atoms with Gasteiger partial charge in [-0.3, -0.25) is 4.79 Å². The zero-order valence-electron chi connectivity index (χ0n) is 12.0. The van der Waals surface area contributed by atoms with Crippen molar-refractivity contribution in [3.63, 3.8) is 0 Å². The van der Waals surface area contributed by atoms with E-state index in [0.29, 0.717) is 19.6 Å². The SMILES string of the molecule is COC(=O)C1COCCN1C(=O)CCC1CCCCO1. The largest absolute Gasteiger partial charge is 0.467 e. The predicted molar refractivity (Wildman–Crippen MR) is 71.2 cm³/mol. The van der Waals surface area contributed by atoms with E-state index in [0.717, 1.165) is 25.9 Å². The fourth-order valence-corrected chi connectivity index (χ4v) is 2.70. The fraction of sp³-hybridized carbons (Fsp3) is 0.857. The number of hydrogen-bond donors (Lipinski definition) is 0. The summed E-state index contributed by atoms with van der Waals surface area (Å²) in [7, 11) is 1.33. The number of amides is 1. The van der Waals surface area contributed by atoms with Crippen LogP contribution in [-0.2, 0) is 23.8 Å². The van der Waals surface area contributed by atoms with Gasteiger partial charge in [0.05, 0.1) is 26.4 Å². The van der Waals surface area contributed by atoms with Crippen LogP contribution in [0.1, 0.15) is 32.1 Å². The van der Waals surface area contributed by atoms with Crippen molar-refractivity contribution in [3.05, 3.63) is 0 Å². The van der Waals surface area contributed by atoms with E-state index in [9.17, 15) is 9.59 Å². The van der Waals surface area contributed by atoms with Crippen molar-refractivity contribution in [1.82, 2.24) is 4.90 Å². The molecule has 0 spiro atoms. The van der Waals surface area contributed by atoms with Gasteiger partial charge in [0.1, 0.15) is 0 Å². The summed E-state index contributed by atoms with van der Waals surface area (Å²) >= 11 is 0. The Labute approximate surface area is 119 Å². The molecule has 2 fully saturated rings. The third kappa shape index (κ3) is 3.93. The number of nitrogens with zero attached hydrogens (tertiary/aromatic N) is 1. The molecule has 20 heavy (non-hydrogen) atoms. The van der Waals surface area contributed by atoms with Gasteiger partial charge in [0.15, 0.2) is 6.04 Å². The van der Waals surface area contributed by atoms with Crippen LogP contribution >= 0.6 is 0 Å². The minimum atomic E-state index is -0.603. The van der Waals surface area contributed by atoms with Gasteiger partial charge < -0.3 is 19.1 Å². The number of rotatable bonds is 4. The second kappa shape index (κ2) is 7.59. The van der Waals surface area contributed by atoms with Crippen LogP contribution in [0, 0.1) is 0 Å². The van der Waals surface area contributed by atoms with Crippen LogP contribution in [0.15, 0.2) is 0 Å². The van der Waals surface area contributed by atoms with E-state index in [1.54, 1.807) is 4.90 Å². The summed E-state index contributed by atoms with van der Waals surface area (Å²) in [6.07, 6.45) is 4.63. The lowest BCUT2D eigenvalue weighted by Crippen LogP contribution is -2.53. The van der Waals surface area contributed by atoms with Crippen LogP contribution in [0.25, 0.3) is 0 Å². The number of methoxy groups -OCH3 is 1. The maximum Gasteiger partial charge on any atom is 0.331 e. The number of ether oxygens (including phenoxy) is 3. The van der Waals surface area contributed by atoms with Crippen molar-refractivity contribution < 1.29 is 23.8 Å². The van der Waals surface area contributed by atoms with Crippen LogP contribution in [0.3, 0.4) is 0 Å². The molecule has 2 unspecified atom stereocenters. The first kappa shape index (κ1) is 15.3. The number of carbonyl (C=O) groups is 2. The Balaban J connectivity index is 1.83. The molecular formula is C14H23NO5. The molecule has 114 valence electrons. The van der Waals surface area contributed by atoms with Gasteiger partial charge in [0.25, 0.3) is 0 Å². The van der Waals surface area contributed by atoms with Crippen molar-refractivity contribution in [2.45, 2.75) is 44.2 Å². The molecule has 0 aromatic rings. The quantitative estimate of drug-likeness (QED) is 0.713. The standard InChI is InChI=1S/C14H23NO5/c1-18-14(17)12-10-19-9-7-15(12)13(16)6-5-11-4-2-3-8-20-11/h11-12H,2-10H2,1H3. The molecule has 0 aliphatic carbocycles. The molecule has 0 N–H and O–H groups in total. The highest BCUT2D eigenvalue weighted by atomic mass is 16.5. The van der Waals surface area contributed by atoms with Crippen molar-refractivity contribution in [2.75, 3.05) is 33.5 Å². The molecule has 0 saturated carbocycles. The highest BCUT2D eigenvalue weighted by molar-refractivity contribution is 5.84. The van der Waals surface area contributed by atoms with Crippen molar-refractivity contribution in [3.8, 4) is 0 Å². The predicted octanol–water partition coefficient (Wildman–Crippen LogP) is 0.736. The van der Waals surface area contributed by atoms with Crippen LogP contribution in [0.2, 0.25) is 0 Å². The van der Waals surface area contributed by atoms with Crippen molar-refractivity contribution >= 4 is 11.9 Å². The maximum atomic E-state index is 12.3. The average Bonchev–Trinajstić information content (AvgIpc) is 2.52. The Morgan fingerprint density at radius 3 is 2.85 bits per heavy atom. The van der Waals surface area contributed by atoms with E-state index in [1.807, 2.05) is 0 Å². The van der Waals surface area contributed by atoms with Crippen LogP contribution in [0.5, 0.6) is 0 Å². The molecule has 0 aromatic heterocycles. The van der Waals surface area contributed by atoms with Gasteiger partial charge in [-0.05, 0) is 25.7 Å². The first-order chi connectivity index (χ1) is 9.72. The topological polar surface area (TPSA) is 65.1 Å². The minimum Gasteiger partial charge on any atom is -0.467 e. The van der Waals surface area contributed by atoms with Gasteiger partial charge in [-0.15, -0.1) is 0 Å². The Bertz CT molecular complexity index is 340. The lowest BCUT2D eigenvalue weighted by molar-refractivity contribution is -0.161. The first-order valence-corrected chi connectivity index (χ1v) is 7.29. The van der Waals surface area contributed by atoms with E-state index in [1.165, 1.54) is 13.5 Å². The molecule has 2 saturated heterocycles. The summed E-state index contributed by atoms with van der Waals surface area (Å²) in [4.78, 5) is 25.5. The average molecular weight is 285 g/mol. The van der Waals surface area contributed by atoms with Gasteiger partial charge in [-0.1, -0.05) is 0 Å². The Kier molecular flexibility index (Phi) is 5.79. The number of morpholine rings is 1. The van der Waals surface area contributed by atoms with Gasteiger partial charge in [0, 0.05) is 19.6 Å². The summed E-state index contributed by atoms with van der Waals surface area (Å²) in [5.74, 6) is -0.426. The molecule has 0 aromatic carbocycles. The number of hydrogen-bond acceptors (Lipinski definition) is 5. The summed E-state index contributed by atoms with van der Waals surface area (Å²) < 4.78 is 15.6. The molecule has 1 amide bonds. The molecule has 2 rings (SSSR count). The van der Waals surface area contributed by atoms with E-state index in [4.69, 9.17) is 14.2 Å². The van der Waals surface area contributed by atoms with E-state index < -0.39 is 12.0 Å². The molecule has 2 atom stereocenters. The molecule has 2 aliphatic rings. The third-order valence-corrected chi connectivity index (χ3v) is 3.88. The lowest BCUT2D eigenvalue weighted by atomic mass is 10.0. The third-order valence-electron chi connectivity index (χ3n) is 3.88. The Morgan fingerprint density at radius 2 is 2.15 bits per heavy atom. The number of carbonyl (C=O) groups excluding carboxylic acids is 2. The summed E-state index contributed by atoms with van der Waals surface area (Å²) in [6, 6.07) is -0.603. The van der Waals surface area contributed by atoms with Crippen LogP contribution < -0.4 is 0 Å². The fourth-order valence-electron chi connectivity index (χ4n) is 2.70. The van der Waals surface area contributed by atoms with E-state index in [2.05, 4.69) is 0 Å². The second-order valence-electron chi connectivity index (χ2n) is 5.23. The Hall–Kier alpha value is -1.14. The first-order valence-electron chi connectivity index (χ1n) is 7.29. The molecular weight excluding hydrogens is 262 g/mol. The van der Waals surface area contributed by atoms with Gasteiger partial charge in [-0.25, -0.2) is 4.79 Å². The minimum absolute atomic E-state index is 0.0159. The van der Waals surface area contributed by atoms with Crippen molar-refractivity contribution in [2.24, 2.45) is 0 Å². The smallest absolute Gasteiger partial charge is 0.331 e. The zero-order valence-corrected chi connectivity index (χ0v) is 12.0. The summed E-state index contributed by atoms with van der Waals surface area (Å²) in [6.45, 7) is 1.93. The summed E-state index contributed by atoms with van der Waals surface area (Å²) in [5, 5.41) is 0. The number of esters is 1. The van der Waals surface area contributed by atoms with Gasteiger partial charge >= 0.3 is 5.97 Å². The molecule has 2 heterocycles. The van der Waals surface area contributed by atoms with Crippen LogP contribution in [-0.4, -0.2) is 62.4 Å². The second-order valence-corrected chi connectivity index (χ2v) is 5.23. The maximum absolute atomic E-state index is 12.3. The molecule has 2 aliphatic heterocycles. The highest BCUT2D eigenvalue weighted by Gasteiger charge is 2.33. The van der Waals surface area contributed by atoms with Gasteiger partial charge in [-0.2, -0.15) is 0 Å². The van der Waals surface area contributed by atoms with E-state index >= 15 is 0 Å². The van der Waals surface area contributed by atoms with Gasteiger partial charge in [0.2, 0.25) is 5.91 Å². The monoisotopic (exact) mass is 285 g/mol. The molecule has 6 heteroatoms. The van der Waals surface area contributed by atoms with E-state index in [-0.39, 0.29) is 18.6 Å². The lowest BCUT2D eigenvalue weighted by Gasteiger charge is -2.34. The normalized spacial score (nSPS) is 27.1. The molecule has 6 nitrogen and oxygen atoms in total. The highest BCUT2D eigenvalue weighted by Crippen LogP contribution is 2.18. The zero-order chi connectivity index (χ0) is 14.4. The molecule has 0 bridgehead atoms. The van der Waals surface area contributed by atoms with Crippen molar-refractivity contribution in [1.29, 1.82) is 0 Å². The summed E-state index contributed by atoms with van der Waals surface area (Å²) in [5.41, 5.74) is 0. The Morgan fingerprint density at radius 1 is 1.30 bits per heavy atom. The molecule has 0 radical (unpaired) electrons.